The van der Waals surface area contributed by atoms with Crippen LogP contribution in [0, 0.1) is 13.8 Å². The van der Waals surface area contributed by atoms with Crippen LogP contribution < -0.4 is 14.7 Å². The highest BCUT2D eigenvalue weighted by atomic mass is 35.5. The van der Waals surface area contributed by atoms with Crippen LogP contribution in [0.4, 0.5) is 17.1 Å². The average molecular weight is 530 g/mol. The molecule has 1 fully saturated rings. The molecule has 0 bridgehead atoms. The molecule has 2 aliphatic rings. The van der Waals surface area contributed by atoms with Crippen molar-refractivity contribution in [3.05, 3.63) is 94.6 Å². The van der Waals surface area contributed by atoms with Crippen LogP contribution in [0.25, 0.3) is 6.08 Å². The molecule has 3 aromatic carbocycles. The van der Waals surface area contributed by atoms with E-state index >= 15 is 0 Å². The van der Waals surface area contributed by atoms with Gasteiger partial charge < -0.3 is 4.90 Å². The Kier molecular flexibility index (Phi) is 7.13. The number of halogens is 1. The van der Waals surface area contributed by atoms with Crippen LogP contribution in [0.5, 0.6) is 0 Å². The summed E-state index contributed by atoms with van der Waals surface area (Å²) in [5, 5.41) is 0.152. The molecule has 2 amide bonds. The highest BCUT2D eigenvalue weighted by Gasteiger charge is 2.42. The van der Waals surface area contributed by atoms with Gasteiger partial charge in [-0.05, 0) is 91.5 Å². The highest BCUT2D eigenvalue weighted by Crippen LogP contribution is 2.34. The van der Waals surface area contributed by atoms with Gasteiger partial charge in [0.15, 0.2) is 5.11 Å². The minimum absolute atomic E-state index is 0.0806. The van der Waals surface area contributed by atoms with Crippen LogP contribution in [0.3, 0.4) is 0 Å². The molecule has 0 N–H and O–H groups in total. The number of fused-ring (bicyclic) bond motifs is 1. The second kappa shape index (κ2) is 10.5. The van der Waals surface area contributed by atoms with E-state index in [4.69, 9.17) is 23.8 Å². The van der Waals surface area contributed by atoms with Crippen molar-refractivity contribution >= 4 is 63.9 Å². The zero-order valence-corrected chi connectivity index (χ0v) is 22.5. The number of thiocarbonyl (C=S) groups is 1. The lowest BCUT2D eigenvalue weighted by atomic mass is 10.0. The van der Waals surface area contributed by atoms with Gasteiger partial charge in [0.05, 0.1) is 11.4 Å². The zero-order chi connectivity index (χ0) is 26.1. The molecular formula is C30H28ClN3O2S. The lowest BCUT2D eigenvalue weighted by Gasteiger charge is -2.37. The first-order valence-electron chi connectivity index (χ1n) is 12.4. The van der Waals surface area contributed by atoms with Crippen LogP contribution in [-0.2, 0) is 16.0 Å². The SMILES string of the molecule is Cc1ccccc1N1C(=O)C(=Cc2ccc3c(c2)CCN3CCCCl)C(=O)N(c2ccccc2C)C1=S. The first-order valence-corrected chi connectivity index (χ1v) is 13.3. The van der Waals surface area contributed by atoms with E-state index in [1.54, 1.807) is 6.08 Å². The predicted molar refractivity (Wildman–Crippen MR) is 156 cm³/mol. The molecule has 188 valence electrons. The second-order valence-electron chi connectivity index (χ2n) is 9.36. The molecule has 0 radical (unpaired) electrons. The average Bonchev–Trinajstić information content (AvgIpc) is 3.29. The first kappa shape index (κ1) is 25.2. The number of benzene rings is 3. The van der Waals surface area contributed by atoms with Crippen molar-refractivity contribution < 1.29 is 9.59 Å². The van der Waals surface area contributed by atoms with E-state index in [2.05, 4.69) is 17.0 Å². The molecule has 0 aromatic heterocycles. The normalized spacial score (nSPS) is 15.5. The van der Waals surface area contributed by atoms with Crippen LogP contribution in [0.2, 0.25) is 0 Å². The molecule has 2 heterocycles. The maximum atomic E-state index is 13.9. The number of alkyl halides is 1. The zero-order valence-electron chi connectivity index (χ0n) is 20.9. The molecule has 0 atom stereocenters. The van der Waals surface area contributed by atoms with Gasteiger partial charge in [-0.2, -0.15) is 0 Å². The van der Waals surface area contributed by atoms with Gasteiger partial charge in [0.25, 0.3) is 11.8 Å². The monoisotopic (exact) mass is 529 g/mol. The van der Waals surface area contributed by atoms with Crippen LogP contribution in [0.15, 0.2) is 72.3 Å². The van der Waals surface area contributed by atoms with E-state index in [9.17, 15) is 9.59 Å². The van der Waals surface area contributed by atoms with Crippen LogP contribution in [0.1, 0.15) is 28.7 Å². The van der Waals surface area contributed by atoms with Crippen molar-refractivity contribution in [3.8, 4) is 0 Å². The number of rotatable bonds is 6. The Balaban J connectivity index is 1.59. The van der Waals surface area contributed by atoms with E-state index in [0.29, 0.717) is 17.3 Å². The highest BCUT2D eigenvalue weighted by molar-refractivity contribution is 7.81. The lowest BCUT2D eigenvalue weighted by Crippen LogP contribution is -2.57. The maximum Gasteiger partial charge on any atom is 0.270 e. The van der Waals surface area contributed by atoms with E-state index < -0.39 is 11.8 Å². The van der Waals surface area contributed by atoms with Gasteiger partial charge in [0.1, 0.15) is 5.57 Å². The molecular weight excluding hydrogens is 502 g/mol. The quantitative estimate of drug-likeness (QED) is 0.169. The molecule has 0 unspecified atom stereocenters. The van der Waals surface area contributed by atoms with Crippen molar-refractivity contribution in [1.29, 1.82) is 0 Å². The first-order chi connectivity index (χ1) is 17.9. The Morgan fingerprint density at radius 2 is 1.46 bits per heavy atom. The number of para-hydroxylation sites is 2. The van der Waals surface area contributed by atoms with Gasteiger partial charge in [-0.3, -0.25) is 19.4 Å². The summed E-state index contributed by atoms with van der Waals surface area (Å²) in [4.78, 5) is 33.0. The lowest BCUT2D eigenvalue weighted by molar-refractivity contribution is -0.120. The fourth-order valence-corrected chi connectivity index (χ4v) is 5.49. The number of hydrogen-bond acceptors (Lipinski definition) is 4. The molecule has 0 saturated carbocycles. The molecule has 7 heteroatoms. The summed E-state index contributed by atoms with van der Waals surface area (Å²) in [6.45, 7) is 5.72. The molecule has 0 aliphatic carbocycles. The third-order valence-corrected chi connectivity index (χ3v) is 7.56. The van der Waals surface area contributed by atoms with Crippen molar-refractivity contribution in [3.63, 3.8) is 0 Å². The van der Waals surface area contributed by atoms with Crippen molar-refractivity contribution in [2.45, 2.75) is 26.7 Å². The summed E-state index contributed by atoms with van der Waals surface area (Å²) < 4.78 is 0. The standard InChI is InChI=1S/C30H28ClN3O2S/c1-20-8-3-5-10-25(20)33-28(35)24(29(36)34(30(33)37)26-11-6-4-9-21(26)2)19-22-12-13-27-23(18-22)14-17-32(27)16-7-15-31/h3-6,8-13,18-19H,7,14-17H2,1-2H3. The second-order valence-corrected chi connectivity index (χ2v) is 10.1. The largest absolute Gasteiger partial charge is 0.371 e. The van der Waals surface area contributed by atoms with E-state index in [1.165, 1.54) is 21.1 Å². The summed E-state index contributed by atoms with van der Waals surface area (Å²) in [5.74, 6) is -0.201. The number of aryl methyl sites for hydroxylation is 2. The van der Waals surface area contributed by atoms with Gasteiger partial charge in [-0.25, -0.2) is 0 Å². The van der Waals surface area contributed by atoms with Gasteiger partial charge in [-0.15, -0.1) is 11.6 Å². The maximum absolute atomic E-state index is 13.9. The Bertz CT molecular complexity index is 1360. The number of carbonyl (C=O) groups excluding carboxylic acids is 2. The summed E-state index contributed by atoms with van der Waals surface area (Å²) in [5.41, 5.74) is 6.42. The Hall–Kier alpha value is -3.48. The predicted octanol–water partition coefficient (Wildman–Crippen LogP) is 6.04. The summed E-state index contributed by atoms with van der Waals surface area (Å²) in [6, 6.07) is 21.3. The van der Waals surface area contributed by atoms with Gasteiger partial charge in [-0.1, -0.05) is 42.5 Å². The molecule has 3 aromatic rings. The molecule has 5 nitrogen and oxygen atoms in total. The molecule has 37 heavy (non-hydrogen) atoms. The third kappa shape index (κ3) is 4.67. The Morgan fingerprint density at radius 1 is 0.865 bits per heavy atom. The number of hydrogen-bond donors (Lipinski definition) is 0. The topological polar surface area (TPSA) is 43.9 Å². The van der Waals surface area contributed by atoms with E-state index in [1.807, 2.05) is 68.4 Å². The molecule has 1 saturated heterocycles. The fourth-order valence-electron chi connectivity index (χ4n) is 5.01. The van der Waals surface area contributed by atoms with Crippen LogP contribution >= 0.6 is 23.8 Å². The fraction of sp³-hybridized carbons (Fsp3) is 0.233. The molecule has 0 spiro atoms. The smallest absolute Gasteiger partial charge is 0.270 e. The van der Waals surface area contributed by atoms with Gasteiger partial charge in [0.2, 0.25) is 0 Å². The summed E-state index contributed by atoms with van der Waals surface area (Å²) in [7, 11) is 0. The van der Waals surface area contributed by atoms with Crippen molar-refractivity contribution in [1.82, 2.24) is 0 Å². The molecule has 2 aliphatic heterocycles. The van der Waals surface area contributed by atoms with Gasteiger partial charge >= 0.3 is 0 Å². The summed E-state index contributed by atoms with van der Waals surface area (Å²) >= 11 is 11.7. The number of carbonyl (C=O) groups is 2. The Labute approximate surface area is 227 Å². The van der Waals surface area contributed by atoms with Crippen LogP contribution in [-0.4, -0.2) is 35.9 Å². The van der Waals surface area contributed by atoms with E-state index in [0.717, 1.165) is 42.6 Å². The minimum atomic E-state index is -0.418. The number of amides is 2. The summed E-state index contributed by atoms with van der Waals surface area (Å²) in [6.07, 6.45) is 3.55. The van der Waals surface area contributed by atoms with Gasteiger partial charge in [0, 0.05) is 24.7 Å². The Morgan fingerprint density at radius 3 is 2.03 bits per heavy atom. The number of anilines is 3. The number of nitrogens with zero attached hydrogens (tertiary/aromatic N) is 3. The third-order valence-electron chi connectivity index (χ3n) is 6.93. The van der Waals surface area contributed by atoms with E-state index in [-0.39, 0.29) is 10.7 Å². The minimum Gasteiger partial charge on any atom is -0.371 e. The van der Waals surface area contributed by atoms with Crippen molar-refractivity contribution in [2.24, 2.45) is 0 Å². The molecule has 5 rings (SSSR count). The van der Waals surface area contributed by atoms with Crippen molar-refractivity contribution in [2.75, 3.05) is 33.7 Å².